The molecule has 1 heterocycles. The summed E-state index contributed by atoms with van der Waals surface area (Å²) in [6.07, 6.45) is 0. The number of amides is 1. The molecule has 1 unspecified atom stereocenters. The highest BCUT2D eigenvalue weighted by Crippen LogP contribution is 2.27. The Labute approximate surface area is 150 Å². The van der Waals surface area contributed by atoms with Gasteiger partial charge >= 0.3 is 0 Å². The molecule has 0 saturated heterocycles. The van der Waals surface area contributed by atoms with Gasteiger partial charge in [-0.1, -0.05) is 24.3 Å². The van der Waals surface area contributed by atoms with Gasteiger partial charge in [0.05, 0.1) is 15.5 Å². The smallest absolute Gasteiger partial charge is 0.237 e. The highest BCUT2D eigenvalue weighted by atomic mass is 32.2. The zero-order chi connectivity index (χ0) is 17.1. The lowest BCUT2D eigenvalue weighted by molar-refractivity contribution is -0.115. The van der Waals surface area contributed by atoms with Crippen molar-refractivity contribution in [1.82, 2.24) is 4.98 Å². The van der Waals surface area contributed by atoms with Crippen molar-refractivity contribution in [1.29, 1.82) is 0 Å². The Kier molecular flexibility index (Phi) is 5.21. The van der Waals surface area contributed by atoms with Crippen molar-refractivity contribution in [2.45, 2.75) is 31.8 Å². The zero-order valence-corrected chi connectivity index (χ0v) is 15.6. The van der Waals surface area contributed by atoms with Crippen molar-refractivity contribution in [3.05, 3.63) is 58.6 Å². The summed E-state index contributed by atoms with van der Waals surface area (Å²) in [7, 11) is 0. The van der Waals surface area contributed by atoms with Gasteiger partial charge in [-0.2, -0.15) is 0 Å². The molecule has 0 fully saturated rings. The van der Waals surface area contributed by atoms with E-state index in [4.69, 9.17) is 0 Å². The van der Waals surface area contributed by atoms with Crippen molar-refractivity contribution in [2.75, 3.05) is 5.32 Å². The van der Waals surface area contributed by atoms with E-state index in [0.717, 1.165) is 33.1 Å². The first-order valence-corrected chi connectivity index (χ1v) is 9.73. The number of thioether (sulfide) groups is 1. The molecule has 1 amide bonds. The molecule has 5 heteroatoms. The summed E-state index contributed by atoms with van der Waals surface area (Å²) in [5, 5.41) is 3.97. The van der Waals surface area contributed by atoms with Gasteiger partial charge in [-0.3, -0.25) is 4.79 Å². The lowest BCUT2D eigenvalue weighted by Crippen LogP contribution is -2.23. The van der Waals surface area contributed by atoms with Gasteiger partial charge in [0.1, 0.15) is 5.01 Å². The Bertz CT molecular complexity index is 840. The van der Waals surface area contributed by atoms with E-state index in [1.54, 1.807) is 23.1 Å². The molecule has 124 valence electrons. The number of thiazole rings is 1. The van der Waals surface area contributed by atoms with Gasteiger partial charge < -0.3 is 5.32 Å². The molecule has 3 rings (SSSR count). The Morgan fingerprint density at radius 1 is 1.25 bits per heavy atom. The number of nitrogens with zero attached hydrogens (tertiary/aromatic N) is 1. The summed E-state index contributed by atoms with van der Waals surface area (Å²) in [5.41, 5.74) is 4.15. The first-order valence-electron chi connectivity index (χ1n) is 7.87. The van der Waals surface area contributed by atoms with E-state index in [1.807, 2.05) is 51.1 Å². The maximum Gasteiger partial charge on any atom is 0.237 e. The molecule has 0 bridgehead atoms. The fraction of sp³-hybridized carbons (Fsp3) is 0.263. The Morgan fingerprint density at radius 3 is 2.83 bits per heavy atom. The number of fused-ring (bicyclic) bond motifs is 1. The number of hydrogen-bond donors (Lipinski definition) is 1. The van der Waals surface area contributed by atoms with Gasteiger partial charge in [0, 0.05) is 11.4 Å². The Hall–Kier alpha value is -1.85. The van der Waals surface area contributed by atoms with Crippen LogP contribution in [-0.4, -0.2) is 16.1 Å². The lowest BCUT2D eigenvalue weighted by atomic mass is 10.1. The van der Waals surface area contributed by atoms with Crippen molar-refractivity contribution >= 4 is 44.9 Å². The maximum atomic E-state index is 12.4. The minimum Gasteiger partial charge on any atom is -0.325 e. The van der Waals surface area contributed by atoms with E-state index in [9.17, 15) is 4.79 Å². The Balaban J connectivity index is 1.60. The second-order valence-corrected chi connectivity index (χ2v) is 8.28. The summed E-state index contributed by atoms with van der Waals surface area (Å²) in [5.74, 6) is 0.788. The molecule has 1 atom stereocenters. The quantitative estimate of drug-likeness (QED) is 0.685. The first-order chi connectivity index (χ1) is 11.5. The molecule has 2 aromatic carbocycles. The number of aromatic nitrogens is 1. The van der Waals surface area contributed by atoms with Crippen LogP contribution in [0.15, 0.2) is 42.5 Å². The second kappa shape index (κ2) is 7.36. The summed E-state index contributed by atoms with van der Waals surface area (Å²) < 4.78 is 1.19. The lowest BCUT2D eigenvalue weighted by Gasteiger charge is -2.13. The number of nitrogens with one attached hydrogen (secondary N) is 1. The van der Waals surface area contributed by atoms with Crippen LogP contribution in [0, 0.1) is 13.8 Å². The van der Waals surface area contributed by atoms with Crippen LogP contribution in [0.5, 0.6) is 0 Å². The standard InChI is InChI=1S/C19H20N2OS2/c1-12-8-9-13(2)16(10-12)21-19(22)14(3)23-11-18-20-15-6-4-5-7-17(15)24-18/h4-10,14H,11H2,1-3H3,(H,21,22). The molecular weight excluding hydrogens is 336 g/mol. The average Bonchev–Trinajstić information content (AvgIpc) is 2.98. The van der Waals surface area contributed by atoms with E-state index in [2.05, 4.69) is 22.4 Å². The van der Waals surface area contributed by atoms with Gasteiger partial charge in [0.15, 0.2) is 0 Å². The van der Waals surface area contributed by atoms with Crippen LogP contribution in [0.4, 0.5) is 5.69 Å². The molecule has 24 heavy (non-hydrogen) atoms. The zero-order valence-electron chi connectivity index (χ0n) is 14.0. The van der Waals surface area contributed by atoms with Crippen LogP contribution >= 0.6 is 23.1 Å². The van der Waals surface area contributed by atoms with E-state index in [1.165, 1.54) is 4.70 Å². The summed E-state index contributed by atoms with van der Waals surface area (Å²) in [6.45, 7) is 5.98. The van der Waals surface area contributed by atoms with Gasteiger partial charge in [-0.05, 0) is 50.1 Å². The fourth-order valence-corrected chi connectivity index (χ4v) is 4.23. The van der Waals surface area contributed by atoms with Crippen LogP contribution in [0.25, 0.3) is 10.2 Å². The van der Waals surface area contributed by atoms with Crippen LogP contribution in [-0.2, 0) is 10.5 Å². The number of anilines is 1. The molecule has 0 radical (unpaired) electrons. The van der Waals surface area contributed by atoms with Crippen molar-refractivity contribution in [3.63, 3.8) is 0 Å². The van der Waals surface area contributed by atoms with Gasteiger partial charge in [-0.15, -0.1) is 23.1 Å². The molecule has 3 aromatic rings. The molecule has 0 aliphatic rings. The number of para-hydroxylation sites is 1. The molecule has 0 aliphatic heterocycles. The molecule has 1 aromatic heterocycles. The topological polar surface area (TPSA) is 42.0 Å². The fourth-order valence-electron chi connectivity index (χ4n) is 2.36. The van der Waals surface area contributed by atoms with Crippen LogP contribution in [0.2, 0.25) is 0 Å². The summed E-state index contributed by atoms with van der Waals surface area (Å²) in [6, 6.07) is 14.2. The number of rotatable bonds is 5. The monoisotopic (exact) mass is 356 g/mol. The number of carbonyl (C=O) groups is 1. The summed E-state index contributed by atoms with van der Waals surface area (Å²) >= 11 is 3.31. The maximum absolute atomic E-state index is 12.4. The molecule has 0 spiro atoms. The Morgan fingerprint density at radius 2 is 2.04 bits per heavy atom. The number of benzene rings is 2. The van der Waals surface area contributed by atoms with Gasteiger partial charge in [-0.25, -0.2) is 4.98 Å². The highest BCUT2D eigenvalue weighted by molar-refractivity contribution is 7.99. The predicted octanol–water partition coefficient (Wildman–Crippen LogP) is 5.17. The molecule has 0 aliphatic carbocycles. The van der Waals surface area contributed by atoms with Crippen LogP contribution in [0.3, 0.4) is 0 Å². The third kappa shape index (κ3) is 3.97. The molecular formula is C19H20N2OS2. The third-order valence-corrected chi connectivity index (χ3v) is 6.19. The predicted molar refractivity (Wildman–Crippen MR) is 105 cm³/mol. The highest BCUT2D eigenvalue weighted by Gasteiger charge is 2.15. The van der Waals surface area contributed by atoms with E-state index in [0.29, 0.717) is 0 Å². The molecule has 0 saturated carbocycles. The van der Waals surface area contributed by atoms with Crippen molar-refractivity contribution in [2.24, 2.45) is 0 Å². The first kappa shape index (κ1) is 17.0. The van der Waals surface area contributed by atoms with Gasteiger partial charge in [0.25, 0.3) is 0 Å². The number of aryl methyl sites for hydroxylation is 2. The number of carbonyl (C=O) groups excluding carboxylic acids is 1. The minimum absolute atomic E-state index is 0.0369. The second-order valence-electron chi connectivity index (χ2n) is 5.84. The van der Waals surface area contributed by atoms with Crippen molar-refractivity contribution < 1.29 is 4.79 Å². The largest absolute Gasteiger partial charge is 0.325 e. The van der Waals surface area contributed by atoms with E-state index < -0.39 is 0 Å². The van der Waals surface area contributed by atoms with Crippen LogP contribution in [0.1, 0.15) is 23.1 Å². The summed E-state index contributed by atoms with van der Waals surface area (Å²) in [4.78, 5) is 17.0. The van der Waals surface area contributed by atoms with Crippen LogP contribution < -0.4 is 5.32 Å². The third-order valence-electron chi connectivity index (χ3n) is 3.82. The van der Waals surface area contributed by atoms with Gasteiger partial charge in [0.2, 0.25) is 5.91 Å². The van der Waals surface area contributed by atoms with E-state index >= 15 is 0 Å². The van der Waals surface area contributed by atoms with Crippen molar-refractivity contribution in [3.8, 4) is 0 Å². The minimum atomic E-state index is -0.128. The number of hydrogen-bond acceptors (Lipinski definition) is 4. The average molecular weight is 357 g/mol. The SMILES string of the molecule is Cc1ccc(C)c(NC(=O)C(C)SCc2nc3ccccc3s2)c1. The molecule has 3 nitrogen and oxygen atoms in total. The van der Waals surface area contributed by atoms with E-state index in [-0.39, 0.29) is 11.2 Å². The molecule has 1 N–H and O–H groups in total. The normalized spacial score (nSPS) is 12.3.